The Morgan fingerprint density at radius 3 is 2.72 bits per heavy atom. The fourth-order valence-corrected chi connectivity index (χ4v) is 2.55. The summed E-state index contributed by atoms with van der Waals surface area (Å²) in [7, 11) is 0. The molecule has 102 valence electrons. The number of rotatable bonds is 8. The Kier molecular flexibility index (Phi) is 7.28. The lowest BCUT2D eigenvalue weighted by molar-refractivity contribution is 0.563. The molecule has 1 N–H and O–H groups in total. The van der Waals surface area contributed by atoms with E-state index in [-0.39, 0.29) is 0 Å². The molecular weight excluding hydrogens is 242 g/mol. The Morgan fingerprint density at radius 1 is 1.33 bits per heavy atom. The van der Waals surface area contributed by atoms with Crippen LogP contribution in [0.5, 0.6) is 0 Å². The van der Waals surface area contributed by atoms with Gasteiger partial charge < -0.3 is 5.32 Å². The van der Waals surface area contributed by atoms with Crippen LogP contribution in [0.4, 0.5) is 0 Å². The van der Waals surface area contributed by atoms with Crippen LogP contribution in [0.1, 0.15) is 56.7 Å². The topological polar surface area (TPSA) is 37.8 Å². The van der Waals surface area contributed by atoms with Crippen molar-refractivity contribution in [2.75, 3.05) is 12.3 Å². The third kappa shape index (κ3) is 4.94. The Balaban J connectivity index is 2.61. The molecule has 1 atom stereocenters. The fourth-order valence-electron chi connectivity index (χ4n) is 1.80. The molecule has 0 fully saturated rings. The first-order valence-corrected chi connectivity index (χ1v) is 7.98. The van der Waals surface area contributed by atoms with Crippen molar-refractivity contribution in [2.45, 2.75) is 52.3 Å². The minimum Gasteiger partial charge on any atom is -0.310 e. The number of hydrogen-bond donors (Lipinski definition) is 1. The zero-order valence-corrected chi connectivity index (χ0v) is 12.8. The molecule has 1 unspecified atom stereocenters. The van der Waals surface area contributed by atoms with Gasteiger partial charge in [-0.05, 0) is 39.0 Å². The minimum absolute atomic E-state index is 0.335. The average molecular weight is 267 g/mol. The predicted octanol–water partition coefficient (Wildman–Crippen LogP) is 3.49. The maximum Gasteiger partial charge on any atom is 0.138 e. The van der Waals surface area contributed by atoms with Crippen molar-refractivity contribution in [3.8, 4) is 0 Å². The Hall–Kier alpha value is -0.610. The molecule has 1 aromatic rings. The monoisotopic (exact) mass is 267 g/mol. The lowest BCUT2D eigenvalue weighted by Crippen LogP contribution is -2.21. The van der Waals surface area contributed by atoms with Crippen LogP contribution in [-0.4, -0.2) is 22.3 Å². The second-order valence-electron chi connectivity index (χ2n) is 4.56. The van der Waals surface area contributed by atoms with E-state index in [0.717, 1.165) is 30.2 Å². The number of thioether (sulfide) groups is 1. The third-order valence-electron chi connectivity index (χ3n) is 2.81. The highest BCUT2D eigenvalue weighted by Gasteiger charge is 2.10. The number of nitrogens with one attached hydrogen (secondary N) is 1. The number of aromatic nitrogens is 2. The first-order valence-electron chi connectivity index (χ1n) is 6.82. The minimum atomic E-state index is 0.335. The molecule has 0 radical (unpaired) electrons. The van der Waals surface area contributed by atoms with Gasteiger partial charge in [0.05, 0.1) is 5.75 Å². The van der Waals surface area contributed by atoms with Gasteiger partial charge in [-0.15, -0.1) is 0 Å². The summed E-state index contributed by atoms with van der Waals surface area (Å²) >= 11 is 1.90. The fraction of sp³-hybridized carbons (Fsp3) is 0.714. The van der Waals surface area contributed by atoms with E-state index in [1.54, 1.807) is 0 Å². The van der Waals surface area contributed by atoms with Crippen LogP contribution in [0.25, 0.3) is 0 Å². The van der Waals surface area contributed by atoms with Gasteiger partial charge in [-0.25, -0.2) is 9.97 Å². The Morgan fingerprint density at radius 2 is 2.11 bits per heavy atom. The van der Waals surface area contributed by atoms with Gasteiger partial charge in [0.15, 0.2) is 0 Å². The van der Waals surface area contributed by atoms with Gasteiger partial charge in [-0.2, -0.15) is 11.8 Å². The normalized spacial score (nSPS) is 12.7. The third-order valence-corrected chi connectivity index (χ3v) is 3.97. The number of nitrogens with zero attached hydrogens (tertiary/aromatic N) is 2. The van der Waals surface area contributed by atoms with E-state index in [2.05, 4.69) is 43.0 Å². The molecule has 4 heteroatoms. The maximum atomic E-state index is 4.60. The number of aryl methyl sites for hydroxylation is 1. The summed E-state index contributed by atoms with van der Waals surface area (Å²) in [5, 5.41) is 3.48. The van der Waals surface area contributed by atoms with Crippen molar-refractivity contribution in [3.63, 3.8) is 0 Å². The van der Waals surface area contributed by atoms with Gasteiger partial charge >= 0.3 is 0 Å². The van der Waals surface area contributed by atoms with Crippen molar-refractivity contribution < 1.29 is 0 Å². The molecule has 0 saturated carbocycles. The molecule has 0 aliphatic carbocycles. The molecule has 0 bridgehead atoms. The van der Waals surface area contributed by atoms with Crippen molar-refractivity contribution in [1.82, 2.24) is 15.3 Å². The van der Waals surface area contributed by atoms with Crippen LogP contribution >= 0.6 is 11.8 Å². The summed E-state index contributed by atoms with van der Waals surface area (Å²) in [6, 6.07) is 0.335. The molecule has 3 nitrogen and oxygen atoms in total. The molecule has 0 amide bonds. The largest absolute Gasteiger partial charge is 0.310 e. The second-order valence-corrected chi connectivity index (χ2v) is 5.66. The van der Waals surface area contributed by atoms with Crippen LogP contribution in [0.15, 0.2) is 6.20 Å². The zero-order chi connectivity index (χ0) is 13.4. The SMILES string of the molecule is CCCNC(C)c1cnc(CSCCC)nc1C. The summed E-state index contributed by atoms with van der Waals surface area (Å²) in [6.45, 7) is 9.66. The van der Waals surface area contributed by atoms with Gasteiger partial charge in [-0.3, -0.25) is 0 Å². The van der Waals surface area contributed by atoms with E-state index in [1.165, 1.54) is 17.7 Å². The summed E-state index contributed by atoms with van der Waals surface area (Å²) in [5.74, 6) is 3.06. The predicted molar refractivity (Wildman–Crippen MR) is 79.9 cm³/mol. The number of hydrogen-bond acceptors (Lipinski definition) is 4. The Labute approximate surface area is 115 Å². The van der Waals surface area contributed by atoms with Gasteiger partial charge in [0.25, 0.3) is 0 Å². The summed E-state index contributed by atoms with van der Waals surface area (Å²) < 4.78 is 0. The second kappa shape index (κ2) is 8.48. The van der Waals surface area contributed by atoms with Gasteiger partial charge in [-0.1, -0.05) is 13.8 Å². The molecule has 18 heavy (non-hydrogen) atoms. The van der Waals surface area contributed by atoms with Crippen molar-refractivity contribution in [3.05, 3.63) is 23.3 Å². The first kappa shape index (κ1) is 15.4. The standard InChI is InChI=1S/C14H25N3S/c1-5-7-15-11(3)13-9-16-14(17-12(13)4)10-18-8-6-2/h9,11,15H,5-8,10H2,1-4H3. The van der Waals surface area contributed by atoms with Crippen molar-refractivity contribution in [2.24, 2.45) is 0 Å². The van der Waals surface area contributed by atoms with Crippen LogP contribution < -0.4 is 5.32 Å². The van der Waals surface area contributed by atoms with E-state index >= 15 is 0 Å². The highest BCUT2D eigenvalue weighted by atomic mass is 32.2. The van der Waals surface area contributed by atoms with Crippen molar-refractivity contribution >= 4 is 11.8 Å². The van der Waals surface area contributed by atoms with E-state index in [9.17, 15) is 0 Å². The highest BCUT2D eigenvalue weighted by Crippen LogP contribution is 2.16. The molecule has 0 aliphatic heterocycles. The molecule has 0 spiro atoms. The van der Waals surface area contributed by atoms with E-state index in [1.807, 2.05) is 18.0 Å². The smallest absolute Gasteiger partial charge is 0.138 e. The van der Waals surface area contributed by atoms with Crippen molar-refractivity contribution in [1.29, 1.82) is 0 Å². The van der Waals surface area contributed by atoms with Gasteiger partial charge in [0.2, 0.25) is 0 Å². The van der Waals surface area contributed by atoms with Gasteiger partial charge in [0, 0.05) is 23.5 Å². The molecular formula is C14H25N3S. The molecule has 0 saturated heterocycles. The molecule has 0 aliphatic rings. The van der Waals surface area contributed by atoms with Crippen LogP contribution in [-0.2, 0) is 5.75 Å². The molecule has 1 aromatic heterocycles. The van der Waals surface area contributed by atoms with E-state index in [4.69, 9.17) is 0 Å². The highest BCUT2D eigenvalue weighted by molar-refractivity contribution is 7.98. The summed E-state index contributed by atoms with van der Waals surface area (Å²) in [5.41, 5.74) is 2.32. The molecule has 1 heterocycles. The quantitative estimate of drug-likeness (QED) is 0.732. The Bertz CT molecular complexity index is 355. The zero-order valence-electron chi connectivity index (χ0n) is 12.0. The van der Waals surface area contributed by atoms with Crippen LogP contribution in [0.2, 0.25) is 0 Å². The average Bonchev–Trinajstić information content (AvgIpc) is 2.36. The lowest BCUT2D eigenvalue weighted by atomic mass is 10.1. The molecule has 1 rings (SSSR count). The summed E-state index contributed by atoms with van der Waals surface area (Å²) in [6.07, 6.45) is 4.34. The molecule has 0 aromatic carbocycles. The lowest BCUT2D eigenvalue weighted by Gasteiger charge is -2.15. The van der Waals surface area contributed by atoms with E-state index in [0.29, 0.717) is 6.04 Å². The maximum absolute atomic E-state index is 4.60. The van der Waals surface area contributed by atoms with E-state index < -0.39 is 0 Å². The summed E-state index contributed by atoms with van der Waals surface area (Å²) in [4.78, 5) is 9.07. The van der Waals surface area contributed by atoms with Gasteiger partial charge in [0.1, 0.15) is 5.82 Å². The van der Waals surface area contributed by atoms with Crippen LogP contribution in [0, 0.1) is 6.92 Å². The first-order chi connectivity index (χ1) is 8.69. The van der Waals surface area contributed by atoms with Crippen LogP contribution in [0.3, 0.4) is 0 Å².